The second kappa shape index (κ2) is 6.97. The zero-order chi connectivity index (χ0) is 15.4. The highest BCUT2D eigenvalue weighted by atomic mass is 79.9. The minimum atomic E-state index is 0.953. The number of hydrogen-bond acceptors (Lipinski definition) is 3. The van der Waals surface area contributed by atoms with Crippen LogP contribution in [0.1, 0.15) is 11.1 Å². The van der Waals surface area contributed by atoms with E-state index >= 15 is 0 Å². The molecule has 0 atom stereocenters. The maximum atomic E-state index is 4.61. The maximum absolute atomic E-state index is 4.61. The van der Waals surface area contributed by atoms with Crippen LogP contribution in [0.25, 0.3) is 0 Å². The number of nitrogens with zero attached hydrogens (tertiary/aromatic N) is 3. The Morgan fingerprint density at radius 2 is 1.64 bits per heavy atom. The number of aryl methyl sites for hydroxylation is 1. The largest absolute Gasteiger partial charge is 0.368 e. The van der Waals surface area contributed by atoms with Crippen molar-refractivity contribution < 1.29 is 0 Å². The number of hydrazone groups is 1. The van der Waals surface area contributed by atoms with Gasteiger partial charge in [0.25, 0.3) is 0 Å². The lowest BCUT2D eigenvalue weighted by Gasteiger charge is -2.34. The zero-order valence-electron chi connectivity index (χ0n) is 12.7. The fourth-order valence-corrected chi connectivity index (χ4v) is 2.94. The zero-order valence-corrected chi connectivity index (χ0v) is 14.3. The van der Waals surface area contributed by atoms with Gasteiger partial charge in [-0.1, -0.05) is 51.8 Å². The monoisotopic (exact) mass is 357 g/mol. The summed E-state index contributed by atoms with van der Waals surface area (Å²) in [5.41, 5.74) is 3.73. The molecule has 2 aromatic rings. The van der Waals surface area contributed by atoms with E-state index in [1.807, 2.05) is 24.4 Å². The van der Waals surface area contributed by atoms with Crippen LogP contribution in [0, 0.1) is 6.92 Å². The molecule has 1 saturated heterocycles. The highest BCUT2D eigenvalue weighted by Gasteiger charge is 2.15. The molecule has 1 aliphatic heterocycles. The normalized spacial score (nSPS) is 15.5. The number of anilines is 1. The minimum absolute atomic E-state index is 0.953. The predicted molar refractivity (Wildman–Crippen MR) is 96.7 cm³/mol. The van der Waals surface area contributed by atoms with Crippen LogP contribution in [-0.4, -0.2) is 37.4 Å². The molecule has 0 bridgehead atoms. The van der Waals surface area contributed by atoms with Gasteiger partial charge < -0.3 is 4.90 Å². The summed E-state index contributed by atoms with van der Waals surface area (Å²) < 4.78 is 1.08. The Labute approximate surface area is 140 Å². The summed E-state index contributed by atoms with van der Waals surface area (Å²) in [6, 6.07) is 16.9. The predicted octanol–water partition coefficient (Wildman–Crippen LogP) is 3.91. The van der Waals surface area contributed by atoms with Crippen LogP contribution in [0.2, 0.25) is 0 Å². The van der Waals surface area contributed by atoms with E-state index in [9.17, 15) is 0 Å². The molecule has 1 heterocycles. The molecule has 0 aromatic heterocycles. The standard InChI is InChI=1S/C18H20BrN3/c1-15-6-8-17(9-7-15)21-10-12-22(13-11-21)20-14-16-4-2-3-5-18(16)19/h2-9,14H,10-13H2,1H3. The van der Waals surface area contributed by atoms with Gasteiger partial charge in [-0.25, -0.2) is 0 Å². The molecule has 0 spiro atoms. The third-order valence-corrected chi connectivity index (χ3v) is 4.64. The Morgan fingerprint density at radius 1 is 0.955 bits per heavy atom. The first kappa shape index (κ1) is 15.1. The molecule has 0 N–H and O–H groups in total. The van der Waals surface area contributed by atoms with E-state index < -0.39 is 0 Å². The SMILES string of the molecule is Cc1ccc(N2CCN(N=Cc3ccccc3Br)CC2)cc1. The van der Waals surface area contributed by atoms with Crippen molar-refractivity contribution in [3.05, 3.63) is 64.1 Å². The summed E-state index contributed by atoms with van der Waals surface area (Å²) >= 11 is 3.55. The first-order valence-corrected chi connectivity index (χ1v) is 8.37. The average Bonchev–Trinajstić information content (AvgIpc) is 2.55. The van der Waals surface area contributed by atoms with Gasteiger partial charge in [0.05, 0.1) is 19.3 Å². The lowest BCUT2D eigenvalue weighted by Crippen LogP contribution is -2.44. The van der Waals surface area contributed by atoms with Gasteiger partial charge in [-0.05, 0) is 25.1 Å². The number of benzene rings is 2. The molecule has 0 saturated carbocycles. The highest BCUT2D eigenvalue weighted by molar-refractivity contribution is 9.10. The van der Waals surface area contributed by atoms with Crippen LogP contribution in [0.15, 0.2) is 58.1 Å². The van der Waals surface area contributed by atoms with E-state index in [0.29, 0.717) is 0 Å². The molecule has 4 heteroatoms. The van der Waals surface area contributed by atoms with Gasteiger partial charge in [-0.2, -0.15) is 5.10 Å². The fraction of sp³-hybridized carbons (Fsp3) is 0.278. The molecule has 22 heavy (non-hydrogen) atoms. The summed E-state index contributed by atoms with van der Waals surface area (Å²) in [6.45, 7) is 6.05. The molecular formula is C18H20BrN3. The van der Waals surface area contributed by atoms with Gasteiger partial charge in [0.15, 0.2) is 0 Å². The number of halogens is 1. The third kappa shape index (κ3) is 3.69. The van der Waals surface area contributed by atoms with Crippen molar-refractivity contribution in [2.45, 2.75) is 6.92 Å². The molecule has 1 fully saturated rings. The summed E-state index contributed by atoms with van der Waals surface area (Å²) in [4.78, 5) is 2.42. The Kier molecular flexibility index (Phi) is 4.78. The van der Waals surface area contributed by atoms with Crippen molar-refractivity contribution in [3.63, 3.8) is 0 Å². The van der Waals surface area contributed by atoms with Gasteiger partial charge in [0, 0.05) is 28.8 Å². The van der Waals surface area contributed by atoms with Crippen molar-refractivity contribution in [3.8, 4) is 0 Å². The van der Waals surface area contributed by atoms with E-state index in [4.69, 9.17) is 0 Å². The summed E-state index contributed by atoms with van der Waals surface area (Å²) in [7, 11) is 0. The van der Waals surface area contributed by atoms with Gasteiger partial charge in [-0.15, -0.1) is 0 Å². The van der Waals surface area contributed by atoms with Crippen molar-refractivity contribution in [1.82, 2.24) is 5.01 Å². The fourth-order valence-electron chi connectivity index (χ4n) is 2.55. The first-order chi connectivity index (χ1) is 10.7. The average molecular weight is 358 g/mol. The molecule has 1 aliphatic rings. The lowest BCUT2D eigenvalue weighted by molar-refractivity contribution is 0.272. The second-order valence-corrected chi connectivity index (χ2v) is 6.40. The van der Waals surface area contributed by atoms with Gasteiger partial charge in [0.2, 0.25) is 0 Å². The quantitative estimate of drug-likeness (QED) is 0.775. The van der Waals surface area contributed by atoms with Gasteiger partial charge >= 0.3 is 0 Å². The van der Waals surface area contributed by atoms with Crippen LogP contribution in [0.5, 0.6) is 0 Å². The summed E-state index contributed by atoms with van der Waals surface area (Å²) in [6.07, 6.45) is 1.94. The Balaban J connectivity index is 1.58. The van der Waals surface area contributed by atoms with Crippen LogP contribution < -0.4 is 4.90 Å². The van der Waals surface area contributed by atoms with Crippen LogP contribution >= 0.6 is 15.9 Å². The Bertz CT molecular complexity index is 644. The van der Waals surface area contributed by atoms with Crippen molar-refractivity contribution in [1.29, 1.82) is 0 Å². The number of hydrogen-bond donors (Lipinski definition) is 0. The van der Waals surface area contributed by atoms with E-state index in [1.165, 1.54) is 11.3 Å². The van der Waals surface area contributed by atoms with E-state index in [-0.39, 0.29) is 0 Å². The van der Waals surface area contributed by atoms with E-state index in [1.54, 1.807) is 0 Å². The second-order valence-electron chi connectivity index (χ2n) is 5.54. The first-order valence-electron chi connectivity index (χ1n) is 7.57. The van der Waals surface area contributed by atoms with Gasteiger partial charge in [0.1, 0.15) is 0 Å². The topological polar surface area (TPSA) is 18.8 Å². The molecule has 3 rings (SSSR count). The van der Waals surface area contributed by atoms with Crippen molar-refractivity contribution >= 4 is 27.8 Å². The number of piperazine rings is 1. The van der Waals surface area contributed by atoms with Crippen LogP contribution in [0.3, 0.4) is 0 Å². The van der Waals surface area contributed by atoms with Crippen LogP contribution in [0.4, 0.5) is 5.69 Å². The smallest absolute Gasteiger partial charge is 0.0554 e. The molecule has 3 nitrogen and oxygen atoms in total. The van der Waals surface area contributed by atoms with E-state index in [0.717, 1.165) is 36.2 Å². The van der Waals surface area contributed by atoms with Crippen molar-refractivity contribution in [2.24, 2.45) is 5.10 Å². The Hall–Kier alpha value is -1.81. The molecule has 0 unspecified atom stereocenters. The Morgan fingerprint density at radius 3 is 2.32 bits per heavy atom. The summed E-state index contributed by atoms with van der Waals surface area (Å²) in [5.74, 6) is 0. The minimum Gasteiger partial charge on any atom is -0.368 e. The molecular weight excluding hydrogens is 338 g/mol. The molecule has 0 amide bonds. The lowest BCUT2D eigenvalue weighted by atomic mass is 10.2. The van der Waals surface area contributed by atoms with Crippen LogP contribution in [-0.2, 0) is 0 Å². The summed E-state index contributed by atoms with van der Waals surface area (Å²) in [5, 5.41) is 6.75. The van der Waals surface area contributed by atoms with Crippen molar-refractivity contribution in [2.75, 3.05) is 31.1 Å². The van der Waals surface area contributed by atoms with Gasteiger partial charge in [-0.3, -0.25) is 5.01 Å². The maximum Gasteiger partial charge on any atom is 0.0554 e. The molecule has 114 valence electrons. The highest BCUT2D eigenvalue weighted by Crippen LogP contribution is 2.18. The third-order valence-electron chi connectivity index (χ3n) is 3.92. The molecule has 0 radical (unpaired) electrons. The molecule has 0 aliphatic carbocycles. The number of rotatable bonds is 3. The molecule has 2 aromatic carbocycles. The van der Waals surface area contributed by atoms with E-state index in [2.05, 4.69) is 68.2 Å².